The first kappa shape index (κ1) is 26.2. The van der Waals surface area contributed by atoms with Crippen LogP contribution in [-0.2, 0) is 22.6 Å². The van der Waals surface area contributed by atoms with Crippen LogP contribution in [0.4, 0.5) is 5.69 Å². The highest BCUT2D eigenvalue weighted by molar-refractivity contribution is 6.31. The first-order valence-corrected chi connectivity index (χ1v) is 13.3. The normalized spacial score (nSPS) is 18.0. The largest absolute Gasteiger partial charge is 0.381 e. The number of anilines is 1. The molecule has 198 valence electrons. The van der Waals surface area contributed by atoms with Crippen molar-refractivity contribution in [1.82, 2.24) is 19.4 Å². The minimum Gasteiger partial charge on any atom is -0.381 e. The van der Waals surface area contributed by atoms with Gasteiger partial charge in [-0.25, -0.2) is 4.98 Å². The van der Waals surface area contributed by atoms with Gasteiger partial charge in [0.05, 0.1) is 34.4 Å². The summed E-state index contributed by atoms with van der Waals surface area (Å²) in [6.45, 7) is 6.76. The molecule has 2 saturated heterocycles. The van der Waals surface area contributed by atoms with Gasteiger partial charge in [-0.2, -0.15) is 5.26 Å². The van der Waals surface area contributed by atoms with E-state index in [1.165, 1.54) is 15.8 Å². The molecule has 0 N–H and O–H groups in total. The lowest BCUT2D eigenvalue weighted by molar-refractivity contribution is -0.131. The molecule has 2 fully saturated rings. The van der Waals surface area contributed by atoms with Gasteiger partial charge in [-0.1, -0.05) is 17.7 Å². The Kier molecular flexibility index (Phi) is 7.93. The zero-order valence-electron chi connectivity index (χ0n) is 21.5. The van der Waals surface area contributed by atoms with Gasteiger partial charge in [0, 0.05) is 58.6 Å². The van der Waals surface area contributed by atoms with Crippen LogP contribution in [0.25, 0.3) is 10.9 Å². The number of hydrogen-bond donors (Lipinski definition) is 0. The van der Waals surface area contributed by atoms with Crippen LogP contribution in [0.2, 0.25) is 5.02 Å². The number of nitriles is 1. The van der Waals surface area contributed by atoms with Crippen LogP contribution in [0.5, 0.6) is 0 Å². The Balaban J connectivity index is 1.25. The Morgan fingerprint density at radius 3 is 2.76 bits per heavy atom. The van der Waals surface area contributed by atoms with E-state index in [2.05, 4.69) is 14.8 Å². The molecular weight excluding hydrogens is 504 g/mol. The van der Waals surface area contributed by atoms with Crippen LogP contribution < -0.4 is 10.5 Å². The molecule has 3 aromatic rings. The Bertz CT molecular complexity index is 1420. The minimum absolute atomic E-state index is 0.120. The highest BCUT2D eigenvalue weighted by Crippen LogP contribution is 2.22. The molecule has 0 saturated carbocycles. The maximum Gasteiger partial charge on any atom is 0.261 e. The van der Waals surface area contributed by atoms with E-state index < -0.39 is 0 Å². The second-order valence-electron chi connectivity index (χ2n) is 10.1. The van der Waals surface area contributed by atoms with Gasteiger partial charge in [0.2, 0.25) is 5.91 Å². The van der Waals surface area contributed by atoms with Crippen molar-refractivity contribution in [1.29, 1.82) is 5.26 Å². The zero-order chi connectivity index (χ0) is 26.6. The molecule has 0 radical (unpaired) electrons. The lowest BCUT2D eigenvalue weighted by Crippen LogP contribution is -2.47. The lowest BCUT2D eigenvalue weighted by Gasteiger charge is -2.37. The Labute approximate surface area is 226 Å². The number of carbonyl (C=O) groups excluding carboxylic acids is 1. The van der Waals surface area contributed by atoms with Crippen molar-refractivity contribution in [2.24, 2.45) is 5.92 Å². The van der Waals surface area contributed by atoms with Gasteiger partial charge in [0.25, 0.3) is 5.56 Å². The molecule has 5 rings (SSSR count). The summed E-state index contributed by atoms with van der Waals surface area (Å²) in [6, 6.07) is 12.9. The highest BCUT2D eigenvalue weighted by atomic mass is 35.5. The van der Waals surface area contributed by atoms with Crippen molar-refractivity contribution >= 4 is 34.1 Å². The van der Waals surface area contributed by atoms with Gasteiger partial charge >= 0.3 is 0 Å². The summed E-state index contributed by atoms with van der Waals surface area (Å²) >= 11 is 6.01. The smallest absolute Gasteiger partial charge is 0.261 e. The molecule has 2 aromatic carbocycles. The number of amides is 1. The number of hydrogen-bond acceptors (Lipinski definition) is 7. The molecule has 9 nitrogen and oxygen atoms in total. The molecule has 1 atom stereocenters. The predicted octanol–water partition coefficient (Wildman–Crippen LogP) is 2.74. The summed E-state index contributed by atoms with van der Waals surface area (Å²) in [5.41, 5.74) is 2.52. The van der Waals surface area contributed by atoms with Gasteiger partial charge in [-0.3, -0.25) is 19.1 Å². The number of aromatic nitrogens is 2. The van der Waals surface area contributed by atoms with Crippen molar-refractivity contribution in [2.45, 2.75) is 19.5 Å². The number of carbonyl (C=O) groups is 1. The maximum absolute atomic E-state index is 13.3. The third-order valence-electron chi connectivity index (χ3n) is 7.39. The molecule has 3 heterocycles. The number of likely N-dealkylation sites (N-methyl/N-ethyl adjacent to an activating group) is 1. The second-order valence-corrected chi connectivity index (χ2v) is 10.5. The lowest BCUT2D eigenvalue weighted by atomic mass is 10.1. The number of benzene rings is 2. The zero-order valence-corrected chi connectivity index (χ0v) is 22.2. The van der Waals surface area contributed by atoms with E-state index in [1.807, 2.05) is 24.3 Å². The number of fused-ring (bicyclic) bond motifs is 1. The fraction of sp³-hybridized carbons (Fsp3) is 0.429. The molecule has 1 aromatic heterocycles. The molecule has 0 bridgehead atoms. The number of ether oxygens (including phenoxy) is 1. The second kappa shape index (κ2) is 11.5. The van der Waals surface area contributed by atoms with E-state index in [-0.39, 0.29) is 18.0 Å². The third-order valence-corrected chi connectivity index (χ3v) is 7.72. The predicted molar refractivity (Wildman–Crippen MR) is 146 cm³/mol. The molecule has 1 unspecified atom stereocenters. The molecule has 0 aliphatic carbocycles. The standard InChI is InChI=1S/C28H31ClN6O3/c1-32(15-20-2-4-25(29)22(12-20)14-30)27(36)17-35-19-31-26-5-3-23(13-24(26)28(35)37)34-9-7-33(8-10-34)16-21-6-11-38-18-21/h2-5,12-13,19,21H,6-11,15-18H2,1H3. The van der Waals surface area contributed by atoms with Crippen molar-refractivity contribution < 1.29 is 9.53 Å². The average Bonchev–Trinajstić information content (AvgIpc) is 3.44. The van der Waals surface area contributed by atoms with Crippen LogP contribution in [0.1, 0.15) is 17.5 Å². The summed E-state index contributed by atoms with van der Waals surface area (Å²) in [6.07, 6.45) is 2.57. The quantitative estimate of drug-likeness (QED) is 0.460. The first-order valence-electron chi connectivity index (χ1n) is 12.9. The number of halogens is 1. The van der Waals surface area contributed by atoms with E-state index >= 15 is 0 Å². The number of rotatable bonds is 7. The SMILES string of the molecule is CN(Cc1ccc(Cl)c(C#N)c1)C(=O)Cn1cnc2ccc(N3CCN(CC4CCOC4)CC3)cc2c1=O. The van der Waals surface area contributed by atoms with E-state index in [1.54, 1.807) is 25.2 Å². The maximum atomic E-state index is 13.3. The van der Waals surface area contributed by atoms with Crippen molar-refractivity contribution in [3.05, 3.63) is 69.2 Å². The Morgan fingerprint density at radius 2 is 2.03 bits per heavy atom. The van der Waals surface area contributed by atoms with Crippen LogP contribution >= 0.6 is 11.6 Å². The van der Waals surface area contributed by atoms with E-state index in [0.717, 1.165) is 63.6 Å². The van der Waals surface area contributed by atoms with Gasteiger partial charge in [-0.05, 0) is 48.2 Å². The van der Waals surface area contributed by atoms with Crippen LogP contribution in [-0.4, -0.2) is 78.2 Å². The van der Waals surface area contributed by atoms with E-state index in [4.69, 9.17) is 16.3 Å². The summed E-state index contributed by atoms with van der Waals surface area (Å²) < 4.78 is 6.87. The molecule has 2 aliphatic rings. The highest BCUT2D eigenvalue weighted by Gasteiger charge is 2.23. The average molecular weight is 535 g/mol. The fourth-order valence-electron chi connectivity index (χ4n) is 5.12. The van der Waals surface area contributed by atoms with Gasteiger partial charge < -0.3 is 14.5 Å². The summed E-state index contributed by atoms with van der Waals surface area (Å²) in [5.74, 6) is 0.399. The van der Waals surface area contributed by atoms with Crippen molar-refractivity contribution in [3.63, 3.8) is 0 Å². The van der Waals surface area contributed by atoms with Gasteiger partial charge in [-0.15, -0.1) is 0 Å². The monoisotopic (exact) mass is 534 g/mol. The third kappa shape index (κ3) is 5.83. The Morgan fingerprint density at radius 1 is 1.21 bits per heavy atom. The molecule has 38 heavy (non-hydrogen) atoms. The molecule has 0 spiro atoms. The van der Waals surface area contributed by atoms with Crippen LogP contribution in [0.15, 0.2) is 47.5 Å². The first-order chi connectivity index (χ1) is 18.4. The van der Waals surface area contributed by atoms with E-state index in [9.17, 15) is 14.9 Å². The molecule has 2 aliphatic heterocycles. The topological polar surface area (TPSA) is 94.7 Å². The van der Waals surface area contributed by atoms with Crippen molar-refractivity contribution in [2.75, 3.05) is 57.9 Å². The van der Waals surface area contributed by atoms with Crippen LogP contribution in [0, 0.1) is 17.2 Å². The molecular formula is C28H31ClN6O3. The summed E-state index contributed by atoms with van der Waals surface area (Å²) in [5, 5.41) is 10.1. The van der Waals surface area contributed by atoms with Gasteiger partial charge in [0.15, 0.2) is 0 Å². The number of nitrogens with zero attached hydrogens (tertiary/aromatic N) is 6. The van der Waals surface area contributed by atoms with Crippen molar-refractivity contribution in [3.8, 4) is 6.07 Å². The fourth-order valence-corrected chi connectivity index (χ4v) is 5.28. The minimum atomic E-state index is -0.239. The number of piperazine rings is 1. The molecule has 10 heteroatoms. The van der Waals surface area contributed by atoms with E-state index in [0.29, 0.717) is 34.0 Å². The Hall–Kier alpha value is -3.45. The van der Waals surface area contributed by atoms with Crippen LogP contribution in [0.3, 0.4) is 0 Å². The van der Waals surface area contributed by atoms with Gasteiger partial charge in [0.1, 0.15) is 12.6 Å². The summed E-state index contributed by atoms with van der Waals surface area (Å²) in [4.78, 5) is 37.0. The molecule has 1 amide bonds. The summed E-state index contributed by atoms with van der Waals surface area (Å²) in [7, 11) is 1.67.